The summed E-state index contributed by atoms with van der Waals surface area (Å²) in [5, 5.41) is 4.97. The van der Waals surface area contributed by atoms with E-state index in [9.17, 15) is 0 Å². The summed E-state index contributed by atoms with van der Waals surface area (Å²) >= 11 is 0. The van der Waals surface area contributed by atoms with Crippen LogP contribution >= 0.6 is 0 Å². The van der Waals surface area contributed by atoms with Crippen molar-refractivity contribution in [1.29, 1.82) is 0 Å². The summed E-state index contributed by atoms with van der Waals surface area (Å²) in [4.78, 5) is 15.8. The van der Waals surface area contributed by atoms with Crippen LogP contribution in [0.1, 0.15) is 25.0 Å². The zero-order valence-electron chi connectivity index (χ0n) is 35.9. The van der Waals surface area contributed by atoms with Crippen LogP contribution in [0, 0.1) is 0 Å². The Hall–Kier alpha value is -8.41. The molecule has 0 spiro atoms. The van der Waals surface area contributed by atoms with Crippen LogP contribution in [0.5, 0.6) is 0 Å². The Bertz CT molecular complexity index is 3800. The quantitative estimate of drug-likeness (QED) is 0.168. The molecule has 3 aromatic heterocycles. The Morgan fingerprint density at radius 3 is 1.43 bits per heavy atom. The van der Waals surface area contributed by atoms with Gasteiger partial charge in [-0.15, -0.1) is 0 Å². The second-order valence-electron chi connectivity index (χ2n) is 17.6. The molecule has 0 aliphatic heterocycles. The molecule has 306 valence electrons. The highest BCUT2D eigenvalue weighted by Gasteiger charge is 2.37. The van der Waals surface area contributed by atoms with E-state index in [2.05, 4.69) is 229 Å². The lowest BCUT2D eigenvalue weighted by Crippen LogP contribution is -2.14. The van der Waals surface area contributed by atoms with Crippen LogP contribution in [0.15, 0.2) is 212 Å². The summed E-state index contributed by atoms with van der Waals surface area (Å²) in [5.74, 6) is 1.84. The topological polar surface area (TPSA) is 48.5 Å². The van der Waals surface area contributed by atoms with Gasteiger partial charge in [0, 0.05) is 55.0 Å². The maximum Gasteiger partial charge on any atom is 0.164 e. The summed E-state index contributed by atoms with van der Waals surface area (Å²) in [6.45, 7) is 4.70. The van der Waals surface area contributed by atoms with Crippen LogP contribution in [0.25, 0.3) is 111 Å². The third-order valence-electron chi connectivity index (χ3n) is 13.6. The van der Waals surface area contributed by atoms with Crippen LogP contribution in [0.2, 0.25) is 0 Å². The average molecular weight is 832 g/mol. The Labute approximate surface area is 376 Å². The Balaban J connectivity index is 0.990. The highest BCUT2D eigenvalue weighted by atomic mass is 15.0. The fourth-order valence-corrected chi connectivity index (χ4v) is 10.5. The number of rotatable bonds is 6. The first kappa shape index (κ1) is 37.2. The van der Waals surface area contributed by atoms with E-state index in [1.165, 1.54) is 49.3 Å². The number of nitrogens with zero attached hydrogens (tertiary/aromatic N) is 5. The molecule has 1 aliphatic carbocycles. The molecule has 5 heteroatoms. The summed E-state index contributed by atoms with van der Waals surface area (Å²) < 4.78 is 4.74. The highest BCUT2D eigenvalue weighted by Crippen LogP contribution is 2.53. The monoisotopic (exact) mass is 831 g/mol. The van der Waals surface area contributed by atoms with Crippen molar-refractivity contribution in [1.82, 2.24) is 24.1 Å². The third-order valence-corrected chi connectivity index (χ3v) is 13.6. The lowest BCUT2D eigenvalue weighted by Gasteiger charge is -2.21. The minimum Gasteiger partial charge on any atom is -0.309 e. The summed E-state index contributed by atoms with van der Waals surface area (Å²) in [5.41, 5.74) is 17.1. The molecule has 0 saturated heterocycles. The van der Waals surface area contributed by atoms with E-state index in [0.717, 1.165) is 55.7 Å². The van der Waals surface area contributed by atoms with Gasteiger partial charge in [0.05, 0.1) is 22.1 Å². The van der Waals surface area contributed by atoms with Crippen molar-refractivity contribution in [2.24, 2.45) is 0 Å². The van der Waals surface area contributed by atoms with Gasteiger partial charge in [0.1, 0.15) is 0 Å². The molecule has 12 aromatic rings. The predicted octanol–water partition coefficient (Wildman–Crippen LogP) is 15.0. The van der Waals surface area contributed by atoms with Gasteiger partial charge in [0.15, 0.2) is 17.5 Å². The van der Waals surface area contributed by atoms with Crippen molar-refractivity contribution >= 4 is 43.6 Å². The third kappa shape index (κ3) is 5.75. The van der Waals surface area contributed by atoms with Gasteiger partial charge in [-0.1, -0.05) is 178 Å². The van der Waals surface area contributed by atoms with Crippen molar-refractivity contribution in [3.63, 3.8) is 0 Å². The van der Waals surface area contributed by atoms with Crippen molar-refractivity contribution in [2.75, 3.05) is 0 Å². The predicted molar refractivity (Wildman–Crippen MR) is 268 cm³/mol. The molecule has 0 unspecified atom stereocenters. The number of benzene rings is 9. The van der Waals surface area contributed by atoms with Crippen molar-refractivity contribution < 1.29 is 0 Å². The molecule has 0 fully saturated rings. The molecule has 0 N–H and O–H groups in total. The van der Waals surface area contributed by atoms with Crippen molar-refractivity contribution in [2.45, 2.75) is 19.3 Å². The SMILES string of the molecule is CC1(C)c2ccccc2-c2c1ccc1c2c2ccccc2n1-c1cccc(-c2nc(-c3ccc(-c4ccccc4)cc3)nc(-c3cccc(-n4c5ccccc5c5ccccc54)c3)n2)c1. The highest BCUT2D eigenvalue weighted by molar-refractivity contribution is 6.18. The molecule has 0 radical (unpaired) electrons. The lowest BCUT2D eigenvalue weighted by molar-refractivity contribution is 0.661. The molecular formula is C60H41N5. The average Bonchev–Trinajstić information content (AvgIpc) is 3.97. The summed E-state index contributed by atoms with van der Waals surface area (Å²) in [6.07, 6.45) is 0. The summed E-state index contributed by atoms with van der Waals surface area (Å²) in [7, 11) is 0. The maximum absolute atomic E-state index is 5.31. The van der Waals surface area contributed by atoms with Crippen LogP contribution in [-0.4, -0.2) is 24.1 Å². The molecule has 0 bridgehead atoms. The first-order valence-electron chi connectivity index (χ1n) is 22.3. The molecule has 0 amide bonds. The molecule has 1 aliphatic rings. The molecule has 0 atom stereocenters. The van der Waals surface area contributed by atoms with Crippen LogP contribution in [0.3, 0.4) is 0 Å². The van der Waals surface area contributed by atoms with E-state index >= 15 is 0 Å². The minimum atomic E-state index is -0.0951. The van der Waals surface area contributed by atoms with Gasteiger partial charge in [-0.3, -0.25) is 0 Å². The van der Waals surface area contributed by atoms with Crippen LogP contribution < -0.4 is 0 Å². The molecule has 5 nitrogen and oxygen atoms in total. The summed E-state index contributed by atoms with van der Waals surface area (Å²) in [6, 6.07) is 75.8. The molecule has 3 heterocycles. The molecule has 13 rings (SSSR count). The largest absolute Gasteiger partial charge is 0.309 e. The number of aromatic nitrogens is 5. The van der Waals surface area contributed by atoms with Crippen molar-refractivity contribution in [3.8, 4) is 67.8 Å². The number of hydrogen-bond acceptors (Lipinski definition) is 3. The van der Waals surface area contributed by atoms with Gasteiger partial charge >= 0.3 is 0 Å². The Kier molecular flexibility index (Phi) is 8.18. The van der Waals surface area contributed by atoms with E-state index in [4.69, 9.17) is 15.0 Å². The molecular weight excluding hydrogens is 791 g/mol. The number of para-hydroxylation sites is 3. The fraction of sp³-hybridized carbons (Fsp3) is 0.0500. The minimum absolute atomic E-state index is 0.0951. The molecule has 65 heavy (non-hydrogen) atoms. The van der Waals surface area contributed by atoms with E-state index < -0.39 is 0 Å². The van der Waals surface area contributed by atoms with Gasteiger partial charge in [0.2, 0.25) is 0 Å². The Morgan fingerprint density at radius 1 is 0.338 bits per heavy atom. The van der Waals surface area contributed by atoms with Gasteiger partial charge in [0.25, 0.3) is 0 Å². The van der Waals surface area contributed by atoms with E-state index in [-0.39, 0.29) is 5.41 Å². The van der Waals surface area contributed by atoms with E-state index in [1.54, 1.807) is 0 Å². The second-order valence-corrected chi connectivity index (χ2v) is 17.6. The first-order valence-corrected chi connectivity index (χ1v) is 22.3. The van der Waals surface area contributed by atoms with E-state index in [1.807, 2.05) is 6.07 Å². The van der Waals surface area contributed by atoms with Gasteiger partial charge in [-0.05, 0) is 81.9 Å². The lowest BCUT2D eigenvalue weighted by atomic mass is 9.82. The molecule has 0 saturated carbocycles. The van der Waals surface area contributed by atoms with Gasteiger partial charge in [-0.25, -0.2) is 15.0 Å². The number of hydrogen-bond donors (Lipinski definition) is 0. The van der Waals surface area contributed by atoms with Crippen LogP contribution in [0.4, 0.5) is 0 Å². The standard InChI is InChI=1S/C60H41N5/c1-60(2)49-26-10-6-24-47(49)55-50(60)34-35-54-56(55)48-25-9-13-29-53(48)65(54)44-21-15-19-42(37-44)59-62-57(40-32-30-39(31-33-40)38-16-4-3-5-17-38)61-58(63-59)41-18-14-20-43(36-41)64-51-27-11-7-22-45(51)46-23-8-12-28-52(46)64/h3-37H,1-2H3. The van der Waals surface area contributed by atoms with Gasteiger partial charge < -0.3 is 9.13 Å². The smallest absolute Gasteiger partial charge is 0.164 e. The zero-order chi connectivity index (χ0) is 43.2. The number of fused-ring (bicyclic) bond motifs is 10. The Morgan fingerprint density at radius 2 is 0.800 bits per heavy atom. The van der Waals surface area contributed by atoms with Crippen LogP contribution in [-0.2, 0) is 5.41 Å². The van der Waals surface area contributed by atoms with Gasteiger partial charge in [-0.2, -0.15) is 0 Å². The fourth-order valence-electron chi connectivity index (χ4n) is 10.5. The first-order chi connectivity index (χ1) is 32.0. The zero-order valence-corrected chi connectivity index (χ0v) is 35.9. The second kappa shape index (κ2) is 14.3. The molecule has 9 aromatic carbocycles. The van der Waals surface area contributed by atoms with E-state index in [0.29, 0.717) is 17.5 Å². The maximum atomic E-state index is 5.31. The van der Waals surface area contributed by atoms with Crippen molar-refractivity contribution in [3.05, 3.63) is 223 Å². The normalized spacial score (nSPS) is 12.9.